The van der Waals surface area contributed by atoms with E-state index in [9.17, 15) is 4.79 Å². The van der Waals surface area contributed by atoms with Gasteiger partial charge in [0, 0.05) is 30.7 Å². The number of hydrogen-bond acceptors (Lipinski definition) is 5. The quantitative estimate of drug-likeness (QED) is 0.736. The summed E-state index contributed by atoms with van der Waals surface area (Å²) >= 11 is 7.54. The Morgan fingerprint density at radius 1 is 1.27 bits per heavy atom. The summed E-state index contributed by atoms with van der Waals surface area (Å²) < 4.78 is 1.45. The van der Waals surface area contributed by atoms with E-state index in [0.29, 0.717) is 17.2 Å². The number of aryl methyl sites for hydroxylation is 1. The number of halogens is 1. The fourth-order valence-corrected chi connectivity index (χ4v) is 3.06. The van der Waals surface area contributed by atoms with Crippen molar-refractivity contribution >= 4 is 28.6 Å². The molecule has 3 aromatic rings. The normalized spacial score (nSPS) is 11.5. The lowest BCUT2D eigenvalue weighted by Gasteiger charge is -2.15. The molecule has 114 valence electrons. The number of hydrogen-bond donors (Lipinski definition) is 0. The van der Waals surface area contributed by atoms with E-state index in [0.717, 1.165) is 22.9 Å². The molecule has 0 unspecified atom stereocenters. The van der Waals surface area contributed by atoms with E-state index in [-0.39, 0.29) is 5.56 Å². The van der Waals surface area contributed by atoms with Gasteiger partial charge in [-0.05, 0) is 26.1 Å². The van der Waals surface area contributed by atoms with Gasteiger partial charge in [0.2, 0.25) is 0 Å². The van der Waals surface area contributed by atoms with Crippen molar-refractivity contribution in [3.8, 4) is 0 Å². The number of nitrogens with zero attached hydrogens (tertiary/aromatic N) is 4. The van der Waals surface area contributed by atoms with Gasteiger partial charge in [-0.1, -0.05) is 11.6 Å². The summed E-state index contributed by atoms with van der Waals surface area (Å²) in [5.74, 6) is 0. The highest BCUT2D eigenvalue weighted by Gasteiger charge is 2.08. The highest BCUT2D eigenvalue weighted by molar-refractivity contribution is 7.09. The Labute approximate surface area is 136 Å². The van der Waals surface area contributed by atoms with Crippen LogP contribution in [0.4, 0.5) is 0 Å². The highest BCUT2D eigenvalue weighted by Crippen LogP contribution is 2.12. The molecular formula is C15H15ClN4OS. The molecule has 5 nitrogen and oxygen atoms in total. The zero-order valence-corrected chi connectivity index (χ0v) is 13.9. The summed E-state index contributed by atoms with van der Waals surface area (Å²) in [4.78, 5) is 23.2. The van der Waals surface area contributed by atoms with Gasteiger partial charge in [0.15, 0.2) is 0 Å². The van der Waals surface area contributed by atoms with Crippen molar-refractivity contribution in [1.29, 1.82) is 0 Å². The van der Waals surface area contributed by atoms with Crippen LogP contribution in [0.1, 0.15) is 16.4 Å². The van der Waals surface area contributed by atoms with Crippen LogP contribution in [0.3, 0.4) is 0 Å². The summed E-state index contributed by atoms with van der Waals surface area (Å²) in [6, 6.07) is 5.03. The van der Waals surface area contributed by atoms with Gasteiger partial charge in [-0.2, -0.15) is 0 Å². The molecule has 7 heteroatoms. The number of aromatic nitrogens is 3. The van der Waals surface area contributed by atoms with Crippen LogP contribution in [-0.2, 0) is 13.1 Å². The van der Waals surface area contributed by atoms with E-state index < -0.39 is 0 Å². The second kappa shape index (κ2) is 6.16. The van der Waals surface area contributed by atoms with Crippen molar-refractivity contribution in [3.63, 3.8) is 0 Å². The van der Waals surface area contributed by atoms with Gasteiger partial charge in [-0.3, -0.25) is 14.1 Å². The number of fused-ring (bicyclic) bond motifs is 1. The topological polar surface area (TPSA) is 50.5 Å². The minimum absolute atomic E-state index is 0.125. The van der Waals surface area contributed by atoms with E-state index in [1.807, 2.05) is 14.0 Å². The first-order chi connectivity index (χ1) is 10.5. The maximum absolute atomic E-state index is 12.1. The SMILES string of the molecule is Cc1nc(CN(C)Cc2cc(=O)n3cc(Cl)ccc3n2)cs1. The number of rotatable bonds is 4. The van der Waals surface area contributed by atoms with E-state index in [1.165, 1.54) is 4.40 Å². The van der Waals surface area contributed by atoms with Crippen LogP contribution in [-0.4, -0.2) is 26.3 Å². The Kier molecular flexibility index (Phi) is 4.24. The molecule has 3 aromatic heterocycles. The van der Waals surface area contributed by atoms with Gasteiger partial charge in [0.25, 0.3) is 5.56 Å². The molecule has 0 aliphatic heterocycles. The zero-order valence-electron chi connectivity index (χ0n) is 12.3. The summed E-state index contributed by atoms with van der Waals surface area (Å²) in [5.41, 5.74) is 2.25. The Morgan fingerprint density at radius 2 is 2.05 bits per heavy atom. The van der Waals surface area contributed by atoms with Gasteiger partial charge in [-0.25, -0.2) is 9.97 Å². The molecule has 3 rings (SSSR count). The van der Waals surface area contributed by atoms with Crippen molar-refractivity contribution in [2.24, 2.45) is 0 Å². The van der Waals surface area contributed by atoms with Crippen LogP contribution >= 0.6 is 22.9 Å². The molecule has 0 N–H and O–H groups in total. The van der Waals surface area contributed by atoms with E-state index in [1.54, 1.807) is 35.7 Å². The fourth-order valence-electron chi connectivity index (χ4n) is 2.30. The molecule has 0 aliphatic rings. The summed E-state index contributed by atoms with van der Waals surface area (Å²) in [7, 11) is 1.99. The Hall–Kier alpha value is -1.76. The molecule has 0 aromatic carbocycles. The van der Waals surface area contributed by atoms with Gasteiger partial charge in [0.1, 0.15) is 5.65 Å². The van der Waals surface area contributed by atoms with E-state index >= 15 is 0 Å². The number of thiazole rings is 1. The minimum atomic E-state index is -0.125. The predicted molar refractivity (Wildman–Crippen MR) is 88.5 cm³/mol. The Bertz CT molecular complexity index is 873. The summed E-state index contributed by atoms with van der Waals surface area (Å²) in [5, 5.41) is 3.62. The second-order valence-corrected chi connectivity index (χ2v) is 6.69. The fraction of sp³-hybridized carbons (Fsp3) is 0.267. The molecule has 0 saturated heterocycles. The molecule has 0 spiro atoms. The lowest BCUT2D eigenvalue weighted by molar-refractivity contribution is 0.311. The maximum atomic E-state index is 12.1. The van der Waals surface area contributed by atoms with Gasteiger partial charge in [0.05, 0.1) is 21.4 Å². The Morgan fingerprint density at radius 3 is 2.77 bits per heavy atom. The minimum Gasteiger partial charge on any atom is -0.295 e. The zero-order chi connectivity index (χ0) is 15.7. The van der Waals surface area contributed by atoms with Crippen LogP contribution in [0, 0.1) is 6.92 Å². The van der Waals surface area contributed by atoms with Crippen LogP contribution in [0.25, 0.3) is 5.65 Å². The third-order valence-electron chi connectivity index (χ3n) is 3.21. The number of pyridine rings is 1. The smallest absolute Gasteiger partial charge is 0.258 e. The van der Waals surface area contributed by atoms with Crippen molar-refractivity contribution in [3.05, 3.63) is 61.5 Å². The van der Waals surface area contributed by atoms with Crippen LogP contribution < -0.4 is 5.56 Å². The lowest BCUT2D eigenvalue weighted by atomic mass is 10.3. The Balaban J connectivity index is 1.81. The van der Waals surface area contributed by atoms with Crippen LogP contribution in [0.2, 0.25) is 5.02 Å². The molecule has 0 radical (unpaired) electrons. The molecule has 0 atom stereocenters. The van der Waals surface area contributed by atoms with E-state index in [4.69, 9.17) is 11.6 Å². The third kappa shape index (κ3) is 3.35. The van der Waals surface area contributed by atoms with Gasteiger partial charge in [-0.15, -0.1) is 11.3 Å². The second-order valence-electron chi connectivity index (χ2n) is 5.19. The molecule has 0 saturated carbocycles. The predicted octanol–water partition coefficient (Wildman–Crippen LogP) is 2.74. The third-order valence-corrected chi connectivity index (χ3v) is 4.25. The molecule has 0 bridgehead atoms. The van der Waals surface area contributed by atoms with Gasteiger partial charge >= 0.3 is 0 Å². The molecule has 3 heterocycles. The highest BCUT2D eigenvalue weighted by atomic mass is 35.5. The average molecular weight is 335 g/mol. The van der Waals surface area contributed by atoms with Crippen molar-refractivity contribution in [2.75, 3.05) is 7.05 Å². The van der Waals surface area contributed by atoms with Crippen molar-refractivity contribution in [2.45, 2.75) is 20.0 Å². The molecular weight excluding hydrogens is 320 g/mol. The van der Waals surface area contributed by atoms with E-state index in [2.05, 4.69) is 20.2 Å². The monoisotopic (exact) mass is 334 g/mol. The standard InChI is InChI=1S/C15H15ClN4OS/c1-10-17-13(9-22-10)8-19(2)7-12-5-15(21)20-6-11(16)3-4-14(20)18-12/h3-6,9H,7-8H2,1-2H3. The first-order valence-electron chi connectivity index (χ1n) is 6.78. The summed E-state index contributed by atoms with van der Waals surface area (Å²) in [6.07, 6.45) is 1.58. The van der Waals surface area contributed by atoms with Crippen LogP contribution in [0.5, 0.6) is 0 Å². The van der Waals surface area contributed by atoms with Crippen LogP contribution in [0.15, 0.2) is 34.6 Å². The average Bonchev–Trinajstić information content (AvgIpc) is 2.85. The maximum Gasteiger partial charge on any atom is 0.258 e. The molecule has 0 aliphatic carbocycles. The molecule has 0 fully saturated rings. The van der Waals surface area contributed by atoms with Crippen molar-refractivity contribution in [1.82, 2.24) is 19.3 Å². The van der Waals surface area contributed by atoms with Crippen molar-refractivity contribution < 1.29 is 0 Å². The molecule has 0 amide bonds. The lowest BCUT2D eigenvalue weighted by Crippen LogP contribution is -2.22. The largest absolute Gasteiger partial charge is 0.295 e. The molecule has 22 heavy (non-hydrogen) atoms. The van der Waals surface area contributed by atoms with Gasteiger partial charge < -0.3 is 0 Å². The first-order valence-corrected chi connectivity index (χ1v) is 8.04. The summed E-state index contributed by atoms with van der Waals surface area (Å²) in [6.45, 7) is 3.31. The first kappa shape index (κ1) is 15.1.